The van der Waals surface area contributed by atoms with Crippen LogP contribution in [0.2, 0.25) is 0 Å². The molecule has 1 saturated heterocycles. The molecular formula is C14H23N3. The lowest BCUT2D eigenvalue weighted by molar-refractivity contribution is 0.233. The van der Waals surface area contributed by atoms with Gasteiger partial charge in [0.25, 0.3) is 0 Å². The zero-order valence-corrected chi connectivity index (χ0v) is 10.9. The summed E-state index contributed by atoms with van der Waals surface area (Å²) < 4.78 is 0. The molecule has 1 aliphatic heterocycles. The molecule has 0 saturated carbocycles. The largest absolute Gasteiger partial charge is 0.314 e. The second kappa shape index (κ2) is 6.12. The van der Waals surface area contributed by atoms with Gasteiger partial charge in [0.05, 0.1) is 0 Å². The van der Waals surface area contributed by atoms with Crippen LogP contribution in [0.15, 0.2) is 18.3 Å². The van der Waals surface area contributed by atoms with E-state index in [1.165, 1.54) is 11.3 Å². The molecule has 0 aromatic carbocycles. The highest BCUT2D eigenvalue weighted by Gasteiger charge is 2.10. The normalized spacial score (nSPS) is 19.2. The molecule has 0 radical (unpaired) electrons. The molecule has 0 amide bonds. The molecule has 1 aromatic heterocycles. The summed E-state index contributed by atoms with van der Waals surface area (Å²) in [5.41, 5.74) is 2.55. The van der Waals surface area contributed by atoms with Crippen LogP contribution < -0.4 is 5.32 Å². The Bertz CT molecular complexity index is 328. The molecule has 17 heavy (non-hydrogen) atoms. The summed E-state index contributed by atoms with van der Waals surface area (Å²) in [5.74, 6) is 0.572. The predicted octanol–water partition coefficient (Wildman–Crippen LogP) is 2.00. The first kappa shape index (κ1) is 12.5. The van der Waals surface area contributed by atoms with Gasteiger partial charge in [-0.3, -0.25) is 9.88 Å². The summed E-state index contributed by atoms with van der Waals surface area (Å²) in [4.78, 5) is 7.06. The van der Waals surface area contributed by atoms with Crippen molar-refractivity contribution >= 4 is 0 Å². The summed E-state index contributed by atoms with van der Waals surface area (Å²) in [6.45, 7) is 9.99. The van der Waals surface area contributed by atoms with Gasteiger partial charge >= 0.3 is 0 Å². The minimum absolute atomic E-state index is 0.572. The van der Waals surface area contributed by atoms with Crippen LogP contribution in [-0.4, -0.2) is 36.1 Å². The van der Waals surface area contributed by atoms with Gasteiger partial charge in [-0.25, -0.2) is 0 Å². The molecule has 1 unspecified atom stereocenters. The van der Waals surface area contributed by atoms with E-state index in [4.69, 9.17) is 0 Å². The molecule has 0 bridgehead atoms. The molecule has 1 fully saturated rings. The third-order valence-corrected chi connectivity index (χ3v) is 3.58. The zero-order valence-electron chi connectivity index (χ0n) is 10.9. The molecule has 1 aromatic rings. The van der Waals surface area contributed by atoms with Gasteiger partial charge in [0.15, 0.2) is 0 Å². The highest BCUT2D eigenvalue weighted by molar-refractivity contribution is 5.16. The smallest absolute Gasteiger partial charge is 0.0431 e. The Morgan fingerprint density at radius 2 is 2.12 bits per heavy atom. The second-order valence-electron chi connectivity index (χ2n) is 4.93. The molecule has 1 N–H and O–H groups in total. The van der Waals surface area contributed by atoms with Crippen LogP contribution in [0.3, 0.4) is 0 Å². The number of aromatic nitrogens is 1. The quantitative estimate of drug-likeness (QED) is 0.862. The standard InChI is InChI=1S/C14H23N3/c1-3-12(2)14-5-4-13(10-16-14)11-17-8-6-15-7-9-17/h4-5,10,12,15H,3,6-9,11H2,1-2H3. The molecule has 2 heterocycles. The van der Waals surface area contributed by atoms with Crippen LogP contribution in [0.1, 0.15) is 37.4 Å². The molecule has 94 valence electrons. The van der Waals surface area contributed by atoms with E-state index >= 15 is 0 Å². The fraction of sp³-hybridized carbons (Fsp3) is 0.643. The predicted molar refractivity (Wildman–Crippen MR) is 71.1 cm³/mol. The lowest BCUT2D eigenvalue weighted by atomic mass is 10.0. The van der Waals surface area contributed by atoms with Crippen LogP contribution in [0, 0.1) is 0 Å². The van der Waals surface area contributed by atoms with E-state index in [1.54, 1.807) is 0 Å². The van der Waals surface area contributed by atoms with Crippen molar-refractivity contribution in [3.05, 3.63) is 29.6 Å². The average Bonchev–Trinajstić information content (AvgIpc) is 2.40. The summed E-state index contributed by atoms with van der Waals surface area (Å²) in [6, 6.07) is 4.42. The fourth-order valence-corrected chi connectivity index (χ4v) is 2.16. The fourth-order valence-electron chi connectivity index (χ4n) is 2.16. The topological polar surface area (TPSA) is 28.2 Å². The summed E-state index contributed by atoms with van der Waals surface area (Å²) >= 11 is 0. The number of hydrogen-bond acceptors (Lipinski definition) is 3. The van der Waals surface area contributed by atoms with E-state index in [0.717, 1.165) is 39.1 Å². The van der Waals surface area contributed by atoms with Gasteiger partial charge in [0.1, 0.15) is 0 Å². The van der Waals surface area contributed by atoms with Gasteiger partial charge in [0, 0.05) is 44.6 Å². The lowest BCUT2D eigenvalue weighted by Gasteiger charge is -2.27. The SMILES string of the molecule is CCC(C)c1ccc(CN2CCNCC2)cn1. The van der Waals surface area contributed by atoms with Crippen molar-refractivity contribution < 1.29 is 0 Å². The zero-order chi connectivity index (χ0) is 12.1. The van der Waals surface area contributed by atoms with Gasteiger partial charge in [-0.15, -0.1) is 0 Å². The van der Waals surface area contributed by atoms with Crippen molar-refractivity contribution in [1.29, 1.82) is 0 Å². The number of rotatable bonds is 4. The first-order valence-electron chi connectivity index (χ1n) is 6.67. The maximum atomic E-state index is 4.57. The highest BCUT2D eigenvalue weighted by atomic mass is 15.2. The molecule has 1 aliphatic rings. The van der Waals surface area contributed by atoms with Crippen molar-refractivity contribution in [2.24, 2.45) is 0 Å². The number of piperazine rings is 1. The molecular weight excluding hydrogens is 210 g/mol. The number of pyridine rings is 1. The van der Waals surface area contributed by atoms with Gasteiger partial charge in [-0.2, -0.15) is 0 Å². The minimum atomic E-state index is 0.572. The van der Waals surface area contributed by atoms with Crippen LogP contribution in [-0.2, 0) is 6.54 Å². The Kier molecular flexibility index (Phi) is 4.51. The third kappa shape index (κ3) is 3.51. The molecule has 1 atom stereocenters. The molecule has 0 spiro atoms. The maximum absolute atomic E-state index is 4.57. The Morgan fingerprint density at radius 3 is 2.71 bits per heavy atom. The van der Waals surface area contributed by atoms with Crippen LogP contribution in [0.25, 0.3) is 0 Å². The van der Waals surface area contributed by atoms with Gasteiger partial charge in [-0.1, -0.05) is 19.9 Å². The minimum Gasteiger partial charge on any atom is -0.314 e. The van der Waals surface area contributed by atoms with Crippen molar-refractivity contribution in [1.82, 2.24) is 15.2 Å². The molecule has 3 heteroatoms. The lowest BCUT2D eigenvalue weighted by Crippen LogP contribution is -2.42. The molecule has 0 aliphatic carbocycles. The van der Waals surface area contributed by atoms with Crippen molar-refractivity contribution in [2.45, 2.75) is 32.7 Å². The van der Waals surface area contributed by atoms with E-state index in [2.05, 4.69) is 41.2 Å². The first-order valence-corrected chi connectivity index (χ1v) is 6.67. The summed E-state index contributed by atoms with van der Waals surface area (Å²) in [7, 11) is 0. The number of hydrogen-bond donors (Lipinski definition) is 1. The van der Waals surface area contributed by atoms with E-state index in [-0.39, 0.29) is 0 Å². The highest BCUT2D eigenvalue weighted by Crippen LogP contribution is 2.16. The Labute approximate surface area is 104 Å². The van der Waals surface area contributed by atoms with E-state index in [9.17, 15) is 0 Å². The number of nitrogens with one attached hydrogen (secondary N) is 1. The molecule has 3 nitrogen and oxygen atoms in total. The van der Waals surface area contributed by atoms with Crippen molar-refractivity contribution in [2.75, 3.05) is 26.2 Å². The van der Waals surface area contributed by atoms with Gasteiger partial charge < -0.3 is 5.32 Å². The van der Waals surface area contributed by atoms with E-state index < -0.39 is 0 Å². The van der Waals surface area contributed by atoms with Crippen molar-refractivity contribution in [3.63, 3.8) is 0 Å². The van der Waals surface area contributed by atoms with E-state index in [0.29, 0.717) is 5.92 Å². The van der Waals surface area contributed by atoms with Gasteiger partial charge in [-0.05, 0) is 24.0 Å². The van der Waals surface area contributed by atoms with E-state index in [1.807, 2.05) is 6.20 Å². The van der Waals surface area contributed by atoms with Crippen LogP contribution >= 0.6 is 0 Å². The third-order valence-electron chi connectivity index (χ3n) is 3.58. The average molecular weight is 233 g/mol. The Balaban J connectivity index is 1.93. The Morgan fingerprint density at radius 1 is 1.35 bits per heavy atom. The maximum Gasteiger partial charge on any atom is 0.0431 e. The monoisotopic (exact) mass is 233 g/mol. The number of nitrogens with zero attached hydrogens (tertiary/aromatic N) is 2. The Hall–Kier alpha value is -0.930. The summed E-state index contributed by atoms with van der Waals surface area (Å²) in [6.07, 6.45) is 3.20. The van der Waals surface area contributed by atoms with Crippen LogP contribution in [0.4, 0.5) is 0 Å². The van der Waals surface area contributed by atoms with Gasteiger partial charge in [0.2, 0.25) is 0 Å². The first-order chi connectivity index (χ1) is 8.29. The second-order valence-corrected chi connectivity index (χ2v) is 4.93. The van der Waals surface area contributed by atoms with Crippen molar-refractivity contribution in [3.8, 4) is 0 Å². The summed E-state index contributed by atoms with van der Waals surface area (Å²) in [5, 5.41) is 3.37. The molecule has 2 rings (SSSR count). The van der Waals surface area contributed by atoms with Crippen LogP contribution in [0.5, 0.6) is 0 Å².